The molecule has 3 N–H and O–H groups in total. The summed E-state index contributed by atoms with van der Waals surface area (Å²) in [4.78, 5) is 25.6. The summed E-state index contributed by atoms with van der Waals surface area (Å²) in [6.07, 6.45) is 0.932. The van der Waals surface area contributed by atoms with Crippen LogP contribution < -0.4 is 11.1 Å². The van der Waals surface area contributed by atoms with Gasteiger partial charge < -0.3 is 11.1 Å². The molecule has 0 saturated heterocycles. The maximum absolute atomic E-state index is 13.1. The van der Waals surface area contributed by atoms with Crippen molar-refractivity contribution in [3.8, 4) is 0 Å². The van der Waals surface area contributed by atoms with E-state index in [0.29, 0.717) is 0 Å². The van der Waals surface area contributed by atoms with Gasteiger partial charge in [-0.2, -0.15) is 0 Å². The Balaban J connectivity index is 2.34. The van der Waals surface area contributed by atoms with Gasteiger partial charge in [0.05, 0.1) is 21.2 Å². The number of carbonyl (C=O) groups excluding carboxylic acids is 1. The minimum atomic E-state index is -0.781. The number of amides is 1. The van der Waals surface area contributed by atoms with Crippen molar-refractivity contribution in [2.45, 2.75) is 0 Å². The van der Waals surface area contributed by atoms with Gasteiger partial charge in [0.2, 0.25) is 0 Å². The van der Waals surface area contributed by atoms with Gasteiger partial charge in [-0.3, -0.25) is 14.9 Å². The minimum Gasteiger partial charge on any atom is -0.383 e. The molecule has 108 valence electrons. The number of nitrogen functional groups attached to an aromatic ring is 1. The van der Waals surface area contributed by atoms with E-state index in [4.69, 9.17) is 17.3 Å². The molecule has 0 aliphatic rings. The molecule has 1 aromatic heterocycles. The molecule has 0 aliphatic heterocycles. The van der Waals surface area contributed by atoms with Crippen molar-refractivity contribution >= 4 is 34.7 Å². The SMILES string of the molecule is Nc1ncc([N+](=O)[O-])cc1C(=O)Nc1cc(F)ccc1Cl. The molecule has 9 heteroatoms. The van der Waals surface area contributed by atoms with Gasteiger partial charge >= 0.3 is 0 Å². The Bertz CT molecular complexity index is 738. The first-order valence-corrected chi connectivity index (χ1v) is 5.92. The van der Waals surface area contributed by atoms with E-state index in [1.54, 1.807) is 0 Å². The van der Waals surface area contributed by atoms with Crippen LogP contribution in [0.3, 0.4) is 0 Å². The number of hydrogen-bond donors (Lipinski definition) is 2. The standard InChI is InChI=1S/C12H8ClFN4O3/c13-9-2-1-6(14)3-10(9)17-12(19)8-4-7(18(20)21)5-16-11(8)15/h1-5H,(H2,15,16)(H,17,19). The van der Waals surface area contributed by atoms with Crippen LogP contribution in [0, 0.1) is 15.9 Å². The van der Waals surface area contributed by atoms with E-state index in [1.165, 1.54) is 6.07 Å². The quantitative estimate of drug-likeness (QED) is 0.668. The fourth-order valence-corrected chi connectivity index (χ4v) is 1.69. The summed E-state index contributed by atoms with van der Waals surface area (Å²) in [5.74, 6) is -1.57. The van der Waals surface area contributed by atoms with Crippen LogP contribution >= 0.6 is 11.6 Å². The highest BCUT2D eigenvalue weighted by atomic mass is 35.5. The van der Waals surface area contributed by atoms with E-state index >= 15 is 0 Å². The molecule has 0 saturated carbocycles. The first-order valence-electron chi connectivity index (χ1n) is 5.55. The molecule has 0 bridgehead atoms. The predicted molar refractivity (Wildman–Crippen MR) is 74.7 cm³/mol. The van der Waals surface area contributed by atoms with Crippen LogP contribution in [0.25, 0.3) is 0 Å². The van der Waals surface area contributed by atoms with Crippen LogP contribution in [0.4, 0.5) is 21.6 Å². The van der Waals surface area contributed by atoms with E-state index in [-0.39, 0.29) is 27.8 Å². The third kappa shape index (κ3) is 3.23. The second-order valence-corrected chi connectivity index (χ2v) is 4.37. The van der Waals surface area contributed by atoms with Crippen LogP contribution in [-0.2, 0) is 0 Å². The Morgan fingerprint density at radius 2 is 2.14 bits per heavy atom. The number of benzene rings is 1. The molecule has 0 spiro atoms. The number of carbonyl (C=O) groups is 1. The summed E-state index contributed by atoms with van der Waals surface area (Å²) in [5, 5.41) is 13.1. The first kappa shape index (κ1) is 14.7. The van der Waals surface area contributed by atoms with Gasteiger partial charge in [-0.25, -0.2) is 9.37 Å². The number of hydrogen-bond acceptors (Lipinski definition) is 5. The maximum Gasteiger partial charge on any atom is 0.288 e. The monoisotopic (exact) mass is 310 g/mol. The van der Waals surface area contributed by atoms with E-state index in [9.17, 15) is 19.3 Å². The number of nitrogens with one attached hydrogen (secondary N) is 1. The molecule has 1 aromatic carbocycles. The van der Waals surface area contributed by atoms with Crippen LogP contribution in [0.15, 0.2) is 30.5 Å². The van der Waals surface area contributed by atoms with Crippen LogP contribution in [-0.4, -0.2) is 15.8 Å². The molecule has 21 heavy (non-hydrogen) atoms. The Morgan fingerprint density at radius 3 is 2.81 bits per heavy atom. The Morgan fingerprint density at radius 1 is 1.43 bits per heavy atom. The van der Waals surface area contributed by atoms with Crippen molar-refractivity contribution in [3.63, 3.8) is 0 Å². The number of nitro groups is 1. The van der Waals surface area contributed by atoms with Crippen LogP contribution in [0.5, 0.6) is 0 Å². The predicted octanol–water partition coefficient (Wildman–Crippen LogP) is 2.62. The highest BCUT2D eigenvalue weighted by Gasteiger charge is 2.17. The van der Waals surface area contributed by atoms with Crippen molar-refractivity contribution in [1.82, 2.24) is 4.98 Å². The van der Waals surface area contributed by atoms with Gasteiger partial charge in [0.1, 0.15) is 17.8 Å². The van der Waals surface area contributed by atoms with Gasteiger partial charge in [0, 0.05) is 6.07 Å². The molecule has 0 radical (unpaired) electrons. The molecule has 1 amide bonds. The fourth-order valence-electron chi connectivity index (χ4n) is 1.53. The third-order valence-corrected chi connectivity index (χ3v) is 2.87. The second kappa shape index (κ2) is 5.71. The number of pyridine rings is 1. The zero-order valence-corrected chi connectivity index (χ0v) is 11.1. The third-order valence-electron chi connectivity index (χ3n) is 2.54. The molecule has 0 fully saturated rings. The summed E-state index contributed by atoms with van der Waals surface area (Å²) in [6.45, 7) is 0. The van der Waals surface area contributed by atoms with Gasteiger partial charge in [0.15, 0.2) is 0 Å². The number of rotatable bonds is 3. The summed E-state index contributed by atoms with van der Waals surface area (Å²) in [6, 6.07) is 4.38. The molecule has 2 aromatic rings. The Labute approximate surface area is 122 Å². The largest absolute Gasteiger partial charge is 0.383 e. The summed E-state index contributed by atoms with van der Waals surface area (Å²) in [7, 11) is 0. The average molecular weight is 311 g/mol. The van der Waals surface area contributed by atoms with E-state index < -0.39 is 16.6 Å². The minimum absolute atomic E-state index is 0.0209. The summed E-state index contributed by atoms with van der Waals surface area (Å²) >= 11 is 5.81. The van der Waals surface area contributed by atoms with Gasteiger partial charge in [-0.15, -0.1) is 0 Å². The van der Waals surface area contributed by atoms with Crippen LogP contribution in [0.2, 0.25) is 5.02 Å². The van der Waals surface area contributed by atoms with Gasteiger partial charge in [-0.05, 0) is 18.2 Å². The first-order chi connectivity index (χ1) is 9.88. The average Bonchev–Trinajstić information content (AvgIpc) is 2.43. The second-order valence-electron chi connectivity index (χ2n) is 3.96. The Kier molecular flexibility index (Phi) is 3.99. The highest BCUT2D eigenvalue weighted by molar-refractivity contribution is 6.34. The molecular formula is C12H8ClFN4O3. The van der Waals surface area contributed by atoms with Crippen LogP contribution in [0.1, 0.15) is 10.4 Å². The van der Waals surface area contributed by atoms with Crippen molar-refractivity contribution in [2.75, 3.05) is 11.1 Å². The normalized spacial score (nSPS) is 10.2. The lowest BCUT2D eigenvalue weighted by Crippen LogP contribution is -2.15. The molecule has 0 atom stereocenters. The highest BCUT2D eigenvalue weighted by Crippen LogP contribution is 2.24. The maximum atomic E-state index is 13.1. The summed E-state index contributed by atoms with van der Waals surface area (Å²) < 4.78 is 13.1. The van der Waals surface area contributed by atoms with Crippen molar-refractivity contribution in [2.24, 2.45) is 0 Å². The van der Waals surface area contributed by atoms with Crippen molar-refractivity contribution in [3.05, 3.63) is 57.0 Å². The van der Waals surface area contributed by atoms with Gasteiger partial charge in [-0.1, -0.05) is 11.6 Å². The number of nitrogens with two attached hydrogens (primary N) is 1. The number of aromatic nitrogens is 1. The molecular weight excluding hydrogens is 303 g/mol. The smallest absolute Gasteiger partial charge is 0.288 e. The zero-order chi connectivity index (χ0) is 15.6. The number of nitrogens with zero attached hydrogens (tertiary/aromatic N) is 2. The van der Waals surface area contributed by atoms with E-state index in [1.807, 2.05) is 0 Å². The lowest BCUT2D eigenvalue weighted by Gasteiger charge is -2.08. The van der Waals surface area contributed by atoms with E-state index in [2.05, 4.69) is 10.3 Å². The van der Waals surface area contributed by atoms with Crippen molar-refractivity contribution < 1.29 is 14.1 Å². The summed E-state index contributed by atoms with van der Waals surface area (Å²) in [5.41, 5.74) is 4.94. The lowest BCUT2D eigenvalue weighted by atomic mass is 10.2. The molecule has 0 aliphatic carbocycles. The lowest BCUT2D eigenvalue weighted by molar-refractivity contribution is -0.385. The van der Waals surface area contributed by atoms with Gasteiger partial charge in [0.25, 0.3) is 11.6 Å². The van der Waals surface area contributed by atoms with Crippen molar-refractivity contribution in [1.29, 1.82) is 0 Å². The number of halogens is 2. The fraction of sp³-hybridized carbons (Fsp3) is 0. The molecule has 1 heterocycles. The topological polar surface area (TPSA) is 111 Å². The zero-order valence-electron chi connectivity index (χ0n) is 10.3. The molecule has 2 rings (SSSR count). The number of anilines is 2. The molecule has 7 nitrogen and oxygen atoms in total. The molecule has 0 unspecified atom stereocenters. The Hall–Kier alpha value is -2.74. The van der Waals surface area contributed by atoms with E-state index in [0.717, 1.165) is 24.4 Å².